The summed E-state index contributed by atoms with van der Waals surface area (Å²) in [4.78, 5) is 83.5. The third kappa shape index (κ3) is 11.6. The highest BCUT2D eigenvalue weighted by atomic mass is 16.3. The first-order valence-corrected chi connectivity index (χ1v) is 17.6. The summed E-state index contributed by atoms with van der Waals surface area (Å²) in [6.45, 7) is 5.22. The minimum absolute atomic E-state index is 0.00459. The summed E-state index contributed by atoms with van der Waals surface area (Å²) < 4.78 is 0. The monoisotopic (exact) mass is 705 g/mol. The topological polar surface area (TPSA) is 189 Å². The number of aliphatic hydroxyl groups excluding tert-OH is 1. The van der Waals surface area contributed by atoms with Gasteiger partial charge < -0.3 is 36.6 Å². The van der Waals surface area contributed by atoms with Gasteiger partial charge in [-0.15, -0.1) is 0 Å². The fourth-order valence-corrected chi connectivity index (χ4v) is 6.29. The van der Waals surface area contributed by atoms with E-state index in [1.165, 1.54) is 17.4 Å². The third-order valence-corrected chi connectivity index (χ3v) is 9.33. The van der Waals surface area contributed by atoms with E-state index in [2.05, 4.69) is 43.6 Å². The summed E-state index contributed by atoms with van der Waals surface area (Å²) >= 11 is 0. The van der Waals surface area contributed by atoms with E-state index in [0.717, 1.165) is 18.4 Å². The molecule has 276 valence electrons. The zero-order chi connectivity index (χ0) is 36.9. The Morgan fingerprint density at radius 2 is 1.41 bits per heavy atom. The number of nitrogens with one attached hydrogen (secondary N) is 5. The molecule has 2 saturated heterocycles. The lowest BCUT2D eigenvalue weighted by Crippen LogP contribution is -2.60. The lowest BCUT2D eigenvalue weighted by atomic mass is 9.89. The Labute approximate surface area is 299 Å². The summed E-state index contributed by atoms with van der Waals surface area (Å²) in [7, 11) is 0. The first kappa shape index (κ1) is 39.0. The Kier molecular flexibility index (Phi) is 14.5. The molecule has 0 bridgehead atoms. The zero-order valence-electron chi connectivity index (χ0n) is 29.6. The van der Waals surface area contributed by atoms with Gasteiger partial charge in [0, 0.05) is 19.5 Å². The number of carbonyl (C=O) groups excluding carboxylic acids is 6. The second-order valence-corrected chi connectivity index (χ2v) is 13.6. The fourth-order valence-electron chi connectivity index (χ4n) is 6.29. The maximum Gasteiger partial charge on any atom is 0.245 e. The number of aliphatic hydroxyl groups is 1. The van der Waals surface area contributed by atoms with Crippen molar-refractivity contribution in [2.45, 2.75) is 70.1 Å². The highest BCUT2D eigenvalue weighted by Crippen LogP contribution is 2.27. The lowest BCUT2D eigenvalue weighted by molar-refractivity contribution is -0.139. The maximum atomic E-state index is 13.7. The molecule has 0 aromatic heterocycles. The van der Waals surface area contributed by atoms with Gasteiger partial charge in [-0.3, -0.25) is 33.7 Å². The van der Waals surface area contributed by atoms with E-state index in [0.29, 0.717) is 19.0 Å². The molecule has 0 saturated carbocycles. The molecule has 14 heteroatoms. The molecule has 51 heavy (non-hydrogen) atoms. The van der Waals surface area contributed by atoms with Crippen LogP contribution in [0.2, 0.25) is 0 Å². The third-order valence-electron chi connectivity index (χ3n) is 9.33. The molecule has 0 aliphatic carbocycles. The molecule has 2 aromatic rings. The summed E-state index contributed by atoms with van der Waals surface area (Å²) in [6.07, 6.45) is 1.89. The number of hydrogen-bond acceptors (Lipinski definition) is 8. The van der Waals surface area contributed by atoms with Crippen LogP contribution in [0.5, 0.6) is 0 Å². The first-order valence-electron chi connectivity index (χ1n) is 17.6. The van der Waals surface area contributed by atoms with Gasteiger partial charge in [0.05, 0.1) is 19.7 Å². The van der Waals surface area contributed by atoms with Crippen LogP contribution in [0, 0.1) is 5.92 Å². The Morgan fingerprint density at radius 1 is 0.784 bits per heavy atom. The predicted molar refractivity (Wildman–Crippen MR) is 190 cm³/mol. The van der Waals surface area contributed by atoms with Gasteiger partial charge in [-0.1, -0.05) is 74.5 Å². The highest BCUT2D eigenvalue weighted by molar-refractivity contribution is 5.96. The van der Waals surface area contributed by atoms with Crippen LogP contribution in [0.1, 0.15) is 50.7 Å². The van der Waals surface area contributed by atoms with Crippen LogP contribution >= 0.6 is 0 Å². The molecule has 4 rings (SSSR count). The zero-order valence-corrected chi connectivity index (χ0v) is 29.6. The Hall–Kier alpha value is -4.82. The van der Waals surface area contributed by atoms with Gasteiger partial charge in [0.1, 0.15) is 24.2 Å². The van der Waals surface area contributed by atoms with E-state index < -0.39 is 60.3 Å². The molecule has 14 nitrogen and oxygen atoms in total. The molecule has 4 atom stereocenters. The fraction of sp³-hybridized carbons (Fsp3) is 0.514. The second-order valence-electron chi connectivity index (χ2n) is 13.6. The van der Waals surface area contributed by atoms with Gasteiger partial charge >= 0.3 is 0 Å². The molecule has 2 fully saturated rings. The van der Waals surface area contributed by atoms with E-state index in [1.54, 1.807) is 38.1 Å². The van der Waals surface area contributed by atoms with E-state index in [4.69, 9.17) is 0 Å². The van der Waals surface area contributed by atoms with E-state index in [1.807, 2.05) is 24.3 Å². The second kappa shape index (κ2) is 19.0. The summed E-state index contributed by atoms with van der Waals surface area (Å²) in [5.41, 5.74) is 2.03. The smallest absolute Gasteiger partial charge is 0.245 e. The normalized spacial score (nSPS) is 24.0. The van der Waals surface area contributed by atoms with Crippen molar-refractivity contribution in [1.82, 2.24) is 36.4 Å². The largest absolute Gasteiger partial charge is 0.394 e. The molecule has 2 aromatic carbocycles. The maximum absolute atomic E-state index is 13.7. The number of nitrogens with zero attached hydrogens (tertiary/aromatic N) is 2. The van der Waals surface area contributed by atoms with Crippen molar-refractivity contribution in [3.63, 3.8) is 0 Å². The van der Waals surface area contributed by atoms with E-state index in [9.17, 15) is 33.9 Å². The quantitative estimate of drug-likeness (QED) is 0.226. The van der Waals surface area contributed by atoms with Gasteiger partial charge in [-0.2, -0.15) is 0 Å². The number of rotatable bonds is 7. The van der Waals surface area contributed by atoms with Crippen LogP contribution < -0.4 is 26.6 Å². The van der Waals surface area contributed by atoms with E-state index >= 15 is 0 Å². The van der Waals surface area contributed by atoms with Gasteiger partial charge in [0.2, 0.25) is 35.4 Å². The highest BCUT2D eigenvalue weighted by Gasteiger charge is 2.32. The molecule has 2 heterocycles. The average molecular weight is 706 g/mol. The molecule has 2 aliphatic rings. The van der Waals surface area contributed by atoms with Crippen LogP contribution in [-0.2, 0) is 35.2 Å². The van der Waals surface area contributed by atoms with Crippen molar-refractivity contribution in [2.24, 2.45) is 5.92 Å². The number of benzene rings is 2. The molecule has 6 amide bonds. The van der Waals surface area contributed by atoms with Crippen LogP contribution in [0.15, 0.2) is 60.7 Å². The summed E-state index contributed by atoms with van der Waals surface area (Å²) in [5, 5.41) is 23.1. The van der Waals surface area contributed by atoms with E-state index in [-0.39, 0.29) is 44.4 Å². The Bertz CT molecular complexity index is 1500. The van der Waals surface area contributed by atoms with Crippen LogP contribution in [-0.4, -0.2) is 120 Å². The molecular formula is C37H51N7O7. The summed E-state index contributed by atoms with van der Waals surface area (Å²) in [6, 6.07) is 14.6. The van der Waals surface area contributed by atoms with Crippen LogP contribution in [0.25, 0.3) is 0 Å². The summed E-state index contributed by atoms with van der Waals surface area (Å²) in [5.74, 6) is -3.55. The van der Waals surface area contributed by atoms with Crippen molar-refractivity contribution in [2.75, 3.05) is 45.9 Å². The molecule has 2 aliphatic heterocycles. The van der Waals surface area contributed by atoms with Gasteiger partial charge in [-0.25, -0.2) is 0 Å². The van der Waals surface area contributed by atoms with Crippen molar-refractivity contribution < 1.29 is 33.9 Å². The number of carbonyl (C=O) groups is 6. The molecule has 6 N–H and O–H groups in total. The Balaban J connectivity index is 1.53. The van der Waals surface area contributed by atoms with Gasteiger partial charge in [-0.05, 0) is 55.8 Å². The number of hydrogen-bond donors (Lipinski definition) is 6. The Morgan fingerprint density at radius 3 is 2.04 bits per heavy atom. The van der Waals surface area contributed by atoms with Gasteiger partial charge in [0.15, 0.2) is 0 Å². The van der Waals surface area contributed by atoms with Crippen LogP contribution in [0.4, 0.5) is 0 Å². The van der Waals surface area contributed by atoms with Crippen molar-refractivity contribution in [3.05, 3.63) is 71.8 Å². The first-order chi connectivity index (χ1) is 24.4. The number of likely N-dealkylation sites (tertiary alicyclic amines) is 1. The number of piperidine rings is 1. The van der Waals surface area contributed by atoms with Crippen molar-refractivity contribution in [3.8, 4) is 0 Å². The van der Waals surface area contributed by atoms with Crippen LogP contribution in [0.3, 0.4) is 0 Å². The predicted octanol–water partition coefficient (Wildman–Crippen LogP) is -0.325. The van der Waals surface area contributed by atoms with Gasteiger partial charge in [0.25, 0.3) is 0 Å². The lowest BCUT2D eigenvalue weighted by Gasteiger charge is -2.33. The minimum atomic E-state index is -1.41. The SMILES string of the molecule is CC(C)[C@H]1NC(=O)CN(C(=O)CN2CCC(c3ccccc3)CC2)CCNC(=O)[C@@H](Cc2ccccc2)NC(=O)[C@H](CO)NC(=O)[C@H](C)NC1=O. The van der Waals surface area contributed by atoms with Crippen molar-refractivity contribution in [1.29, 1.82) is 0 Å². The molecule has 0 radical (unpaired) electrons. The number of amides is 6. The molecular weight excluding hydrogens is 654 g/mol. The minimum Gasteiger partial charge on any atom is -0.394 e. The van der Waals surface area contributed by atoms with Crippen molar-refractivity contribution >= 4 is 35.4 Å². The average Bonchev–Trinajstić information content (AvgIpc) is 3.12. The standard InChI is InChI=1S/C37H51N7O7/c1-24(2)33-37(51)39-25(3)34(48)41-30(23-45)36(50)40-29(20-26-10-6-4-7-11-26)35(49)38-16-19-44(21-31(46)42-33)32(47)22-43-17-14-28(15-18-43)27-12-8-5-9-13-27/h4-13,24-25,28-30,33,45H,14-23H2,1-3H3,(H,38,49)(H,39,51)(H,40,50)(H,41,48)(H,42,46)/t25-,29+,30-,33+/m0/s1. The molecule has 0 spiro atoms. The molecule has 0 unspecified atom stereocenters.